The molecule has 1 atom stereocenters. The fourth-order valence-electron chi connectivity index (χ4n) is 1.56. The first-order valence-electron chi connectivity index (χ1n) is 6.41. The maximum atomic E-state index is 11.6. The van der Waals surface area contributed by atoms with Gasteiger partial charge in [-0.05, 0) is 19.5 Å². The Kier molecular flexibility index (Phi) is 9.24. The van der Waals surface area contributed by atoms with E-state index in [9.17, 15) is 4.79 Å². The van der Waals surface area contributed by atoms with Crippen LogP contribution in [-0.2, 0) is 4.79 Å². The second-order valence-electron chi connectivity index (χ2n) is 4.07. The Morgan fingerprint density at radius 2 is 1.94 bits per heavy atom. The van der Waals surface area contributed by atoms with Crippen molar-refractivity contribution < 1.29 is 4.79 Å². The molecular formula is C12H27N3O. The van der Waals surface area contributed by atoms with E-state index < -0.39 is 0 Å². The Balaban J connectivity index is 3.63. The van der Waals surface area contributed by atoms with Crippen LogP contribution in [0.3, 0.4) is 0 Å². The van der Waals surface area contributed by atoms with E-state index in [1.807, 2.05) is 0 Å². The van der Waals surface area contributed by atoms with Crippen molar-refractivity contribution in [2.75, 3.05) is 26.2 Å². The first kappa shape index (κ1) is 15.4. The summed E-state index contributed by atoms with van der Waals surface area (Å²) in [7, 11) is 0. The van der Waals surface area contributed by atoms with E-state index in [2.05, 4.69) is 31.0 Å². The van der Waals surface area contributed by atoms with Crippen LogP contribution >= 0.6 is 0 Å². The topological polar surface area (TPSA) is 58.4 Å². The van der Waals surface area contributed by atoms with Gasteiger partial charge in [-0.25, -0.2) is 0 Å². The van der Waals surface area contributed by atoms with Gasteiger partial charge in [-0.15, -0.1) is 0 Å². The summed E-state index contributed by atoms with van der Waals surface area (Å²) in [6, 6.07) is -0.336. The molecule has 0 saturated carbocycles. The summed E-state index contributed by atoms with van der Waals surface area (Å²) < 4.78 is 0. The summed E-state index contributed by atoms with van der Waals surface area (Å²) in [5.74, 6) is -0.0133. The molecule has 0 aromatic rings. The van der Waals surface area contributed by atoms with Crippen LogP contribution in [-0.4, -0.2) is 43.0 Å². The molecule has 0 saturated heterocycles. The smallest absolute Gasteiger partial charge is 0.236 e. The van der Waals surface area contributed by atoms with E-state index in [-0.39, 0.29) is 11.9 Å². The van der Waals surface area contributed by atoms with Crippen LogP contribution in [0.15, 0.2) is 0 Å². The van der Waals surface area contributed by atoms with Crippen molar-refractivity contribution in [2.45, 2.75) is 46.1 Å². The van der Waals surface area contributed by atoms with E-state index in [0.717, 1.165) is 38.9 Å². The summed E-state index contributed by atoms with van der Waals surface area (Å²) in [4.78, 5) is 13.8. The Hall–Kier alpha value is -0.610. The highest BCUT2D eigenvalue weighted by Crippen LogP contribution is 1.97. The molecule has 16 heavy (non-hydrogen) atoms. The van der Waals surface area contributed by atoms with Crippen LogP contribution in [0.4, 0.5) is 0 Å². The number of carbonyl (C=O) groups is 1. The number of nitrogens with two attached hydrogens (primary N) is 1. The predicted octanol–water partition coefficient (Wildman–Crippen LogP) is 0.962. The molecule has 0 rings (SSSR count). The highest BCUT2D eigenvalue weighted by Gasteiger charge is 2.11. The fraction of sp³-hybridized carbons (Fsp3) is 0.917. The molecule has 96 valence electrons. The van der Waals surface area contributed by atoms with Gasteiger partial charge in [-0.1, -0.05) is 33.6 Å². The van der Waals surface area contributed by atoms with Gasteiger partial charge in [-0.3, -0.25) is 4.79 Å². The van der Waals surface area contributed by atoms with Gasteiger partial charge < -0.3 is 16.0 Å². The minimum Gasteiger partial charge on any atom is -0.353 e. The molecule has 1 amide bonds. The van der Waals surface area contributed by atoms with E-state index in [0.29, 0.717) is 6.54 Å². The molecule has 4 heteroatoms. The molecule has 0 spiro atoms. The molecule has 0 aromatic heterocycles. The van der Waals surface area contributed by atoms with Gasteiger partial charge in [0.05, 0.1) is 6.04 Å². The van der Waals surface area contributed by atoms with Crippen molar-refractivity contribution in [1.29, 1.82) is 0 Å². The number of rotatable bonds is 9. The molecule has 0 bridgehead atoms. The average Bonchev–Trinajstić information content (AvgIpc) is 2.31. The summed E-state index contributed by atoms with van der Waals surface area (Å²) >= 11 is 0. The summed E-state index contributed by atoms with van der Waals surface area (Å²) in [5, 5.41) is 2.88. The van der Waals surface area contributed by atoms with Gasteiger partial charge >= 0.3 is 0 Å². The number of amides is 1. The standard InChI is InChI=1S/C12H27N3O/c1-4-7-8-11(13)12(16)14-9-10-15(5-2)6-3/h11H,4-10,13H2,1-3H3,(H,14,16)/t11-/m0/s1. The van der Waals surface area contributed by atoms with E-state index >= 15 is 0 Å². The van der Waals surface area contributed by atoms with Crippen molar-refractivity contribution in [1.82, 2.24) is 10.2 Å². The molecule has 4 nitrogen and oxygen atoms in total. The maximum Gasteiger partial charge on any atom is 0.236 e. The monoisotopic (exact) mass is 229 g/mol. The maximum absolute atomic E-state index is 11.6. The normalized spacial score (nSPS) is 12.8. The number of carbonyl (C=O) groups excluding carboxylic acids is 1. The van der Waals surface area contributed by atoms with Crippen LogP contribution in [0, 0.1) is 0 Å². The van der Waals surface area contributed by atoms with Gasteiger partial charge in [-0.2, -0.15) is 0 Å². The molecule has 0 aromatic carbocycles. The minimum atomic E-state index is -0.336. The number of unbranched alkanes of at least 4 members (excludes halogenated alkanes) is 1. The number of hydrogen-bond acceptors (Lipinski definition) is 3. The highest BCUT2D eigenvalue weighted by molar-refractivity contribution is 5.81. The van der Waals surface area contributed by atoms with Gasteiger partial charge in [0.15, 0.2) is 0 Å². The van der Waals surface area contributed by atoms with Gasteiger partial charge in [0.2, 0.25) is 5.91 Å². The Morgan fingerprint density at radius 1 is 1.31 bits per heavy atom. The Bertz CT molecular complexity index is 181. The molecule has 3 N–H and O–H groups in total. The zero-order valence-electron chi connectivity index (χ0n) is 11.0. The number of nitrogens with one attached hydrogen (secondary N) is 1. The van der Waals surface area contributed by atoms with Crippen LogP contribution < -0.4 is 11.1 Å². The highest BCUT2D eigenvalue weighted by atomic mass is 16.2. The molecule has 0 aliphatic rings. The zero-order valence-corrected chi connectivity index (χ0v) is 11.0. The van der Waals surface area contributed by atoms with Crippen LogP contribution in [0.25, 0.3) is 0 Å². The van der Waals surface area contributed by atoms with Crippen molar-refractivity contribution in [2.24, 2.45) is 5.73 Å². The zero-order chi connectivity index (χ0) is 12.4. The number of nitrogens with zero attached hydrogens (tertiary/aromatic N) is 1. The summed E-state index contributed by atoms with van der Waals surface area (Å²) in [6.45, 7) is 9.99. The van der Waals surface area contributed by atoms with Gasteiger partial charge in [0, 0.05) is 13.1 Å². The van der Waals surface area contributed by atoms with Crippen molar-refractivity contribution in [3.05, 3.63) is 0 Å². The molecule has 0 aliphatic carbocycles. The van der Waals surface area contributed by atoms with Crippen molar-refractivity contribution in [3.8, 4) is 0 Å². The molecule has 0 fully saturated rings. The average molecular weight is 229 g/mol. The second-order valence-corrected chi connectivity index (χ2v) is 4.07. The van der Waals surface area contributed by atoms with E-state index in [1.165, 1.54) is 0 Å². The molecule has 0 aliphatic heterocycles. The van der Waals surface area contributed by atoms with Gasteiger partial charge in [0.1, 0.15) is 0 Å². The third-order valence-electron chi connectivity index (χ3n) is 2.83. The second kappa shape index (κ2) is 9.60. The first-order valence-corrected chi connectivity index (χ1v) is 6.41. The van der Waals surface area contributed by atoms with Crippen molar-refractivity contribution >= 4 is 5.91 Å². The molecular weight excluding hydrogens is 202 g/mol. The van der Waals surface area contributed by atoms with Crippen LogP contribution in [0.5, 0.6) is 0 Å². The van der Waals surface area contributed by atoms with Crippen LogP contribution in [0.1, 0.15) is 40.0 Å². The third-order valence-corrected chi connectivity index (χ3v) is 2.83. The SMILES string of the molecule is CCCC[C@H](N)C(=O)NCCN(CC)CC. The first-order chi connectivity index (χ1) is 7.65. The fourth-order valence-corrected chi connectivity index (χ4v) is 1.56. The lowest BCUT2D eigenvalue weighted by molar-refractivity contribution is -0.122. The summed E-state index contributed by atoms with van der Waals surface area (Å²) in [5.41, 5.74) is 5.76. The summed E-state index contributed by atoms with van der Waals surface area (Å²) in [6.07, 6.45) is 2.89. The Labute approximate surface area is 99.6 Å². The lowest BCUT2D eigenvalue weighted by Gasteiger charge is -2.19. The molecule has 0 heterocycles. The lowest BCUT2D eigenvalue weighted by Crippen LogP contribution is -2.43. The van der Waals surface area contributed by atoms with E-state index in [1.54, 1.807) is 0 Å². The number of hydrogen-bond donors (Lipinski definition) is 2. The van der Waals surface area contributed by atoms with Gasteiger partial charge in [0.25, 0.3) is 0 Å². The quantitative estimate of drug-likeness (QED) is 0.619. The Morgan fingerprint density at radius 3 is 2.44 bits per heavy atom. The largest absolute Gasteiger partial charge is 0.353 e. The number of likely N-dealkylation sites (N-methyl/N-ethyl adjacent to an activating group) is 1. The minimum absolute atomic E-state index is 0.0133. The molecule has 0 unspecified atom stereocenters. The van der Waals surface area contributed by atoms with Crippen LogP contribution in [0.2, 0.25) is 0 Å². The molecule has 0 radical (unpaired) electrons. The predicted molar refractivity (Wildman–Crippen MR) is 68.3 cm³/mol. The third kappa shape index (κ3) is 6.80. The lowest BCUT2D eigenvalue weighted by atomic mass is 10.1. The van der Waals surface area contributed by atoms with E-state index in [4.69, 9.17) is 5.73 Å². The van der Waals surface area contributed by atoms with Crippen molar-refractivity contribution in [3.63, 3.8) is 0 Å².